The highest BCUT2D eigenvalue weighted by atomic mass is 31.2. The quantitative estimate of drug-likeness (QED) is 0.0199. The average molecular weight is 1930 g/mol. The van der Waals surface area contributed by atoms with Gasteiger partial charge in [0.1, 0.15) is 49.9 Å². The summed E-state index contributed by atoms with van der Waals surface area (Å²) in [5, 5.41) is 59.9. The van der Waals surface area contributed by atoms with Crippen LogP contribution in [0.25, 0.3) is 0 Å². The molecule has 134 heavy (non-hydrogen) atoms. The summed E-state index contributed by atoms with van der Waals surface area (Å²) in [7, 11) is -4.28. The molecule has 0 spiro atoms. The number of phosphoric ester groups is 1. The Morgan fingerprint density at radius 3 is 0.799 bits per heavy atom. The topological polar surface area (TPSA) is 702 Å². The monoisotopic (exact) mass is 1930 g/mol. The number of carboxylic acids is 4. The SMILES string of the molecule is CCC(=O)CNC(=O)CCC(=O)CN(CC(=O)O)C(=O)CCC(=O)CNC(=O)CC(=O)NCCOP(=O)(O)OCC(C)CC.CCC(CCC(=O)CNC(=O)CCC(=O)CN(CC(=O)O)C(=O)CCC(=O)CNC(C)C)(CCC(=O)CNC(=O)CCC(=O)CN(CC(=O)O)C(=O)CCC(=O)CNC(C)C)CCC(=O)CNC(=O)CCC(=O)CN(CC(=O)O)C(=O)CCC(=O)CNC(C)C. The van der Waals surface area contributed by atoms with Gasteiger partial charge in [0.15, 0.2) is 52.0 Å². The lowest BCUT2D eigenvalue weighted by atomic mass is 9.72. The van der Waals surface area contributed by atoms with Crippen LogP contribution in [0, 0.1) is 11.3 Å². The third kappa shape index (κ3) is 67.7. The first-order chi connectivity index (χ1) is 62.7. The van der Waals surface area contributed by atoms with E-state index in [9.17, 15) is 149 Å². The van der Waals surface area contributed by atoms with Crippen LogP contribution in [0.4, 0.5) is 0 Å². The molecule has 10 amide bonds. The molecule has 0 aliphatic rings. The van der Waals surface area contributed by atoms with Gasteiger partial charge in [0.25, 0.3) is 0 Å². The van der Waals surface area contributed by atoms with Crippen molar-refractivity contribution in [1.29, 1.82) is 0 Å². The van der Waals surface area contributed by atoms with Crippen LogP contribution < -0.4 is 47.9 Å². The maximum absolute atomic E-state index is 13.3. The number of hydrogen-bond acceptors (Lipinski definition) is 32. The number of nitrogens with zero attached hydrogens (tertiary/aromatic N) is 4. The van der Waals surface area contributed by atoms with Crippen LogP contribution >= 0.6 is 7.82 Å². The fourth-order valence-electron chi connectivity index (χ4n) is 11.5. The molecule has 0 aliphatic carbocycles. The highest BCUT2D eigenvalue weighted by molar-refractivity contribution is 7.47. The number of nitrogens with one attached hydrogen (secondary N) is 9. The zero-order valence-corrected chi connectivity index (χ0v) is 79.3. The molecule has 0 rings (SSSR count). The van der Waals surface area contributed by atoms with Gasteiger partial charge in [-0.1, -0.05) is 82.1 Å². The van der Waals surface area contributed by atoms with Crippen molar-refractivity contribution in [2.75, 3.05) is 124 Å². The van der Waals surface area contributed by atoms with E-state index in [0.29, 0.717) is 6.42 Å². The van der Waals surface area contributed by atoms with Gasteiger partial charge >= 0.3 is 31.7 Å². The van der Waals surface area contributed by atoms with Gasteiger partial charge < -0.3 is 92.8 Å². The predicted octanol–water partition coefficient (Wildman–Crippen LogP) is -0.896. The second-order valence-corrected chi connectivity index (χ2v) is 34.3. The van der Waals surface area contributed by atoms with Crippen molar-refractivity contribution in [3.63, 3.8) is 0 Å². The van der Waals surface area contributed by atoms with Crippen LogP contribution in [0.5, 0.6) is 0 Å². The molecule has 0 saturated heterocycles. The second-order valence-electron chi connectivity index (χ2n) is 32.9. The standard InChI is InChI=1S/C60H95N9O21.C26H43N4O13P/c1-8-60(24-21-45(73)30-64-51(79)15-9-48(76)33-67(36-57(85)86)54(82)18-12-42(70)27-61-39(2)3,25-22-46(74)31-65-52(80)16-10-49(77)34-68(37-58(87)88)55(83)19-13-43(71)28-62-40(4)5)26-23-47(75)32-66-53(81)17-11-50(78)35-69(38-59(89)90)56(84)20-14-44(72)29-63-41(6)7;1-4-18(3)17-43-44(40,41)42-11-10-27-23(35)12-24(36)29-14-20(32)7-9-25(37)30(16-26(38)39)15-21(33)6-8-22(34)28-13-19(31)5-2/h39-41,61-63H,8-38H2,1-7H3,(H,64,79)(H,65,80)(H,66,81)(H,85,86)(H,87,88)(H,89,90);18H,4-17H2,1-3H3,(H,27,35)(H,28,34)(H,29,36)(H,38,39)(H,40,41). The molecule has 0 aliphatic heterocycles. The molecular formula is C86H138N13O34P. The van der Waals surface area contributed by atoms with Crippen LogP contribution in [0.2, 0.25) is 0 Å². The lowest BCUT2D eigenvalue weighted by molar-refractivity contribution is -0.146. The summed E-state index contributed by atoms with van der Waals surface area (Å²) in [6.45, 7) is 9.53. The number of rotatable bonds is 80. The Morgan fingerprint density at radius 1 is 0.299 bits per heavy atom. The van der Waals surface area contributed by atoms with Gasteiger partial charge in [-0.15, -0.1) is 0 Å². The van der Waals surface area contributed by atoms with Gasteiger partial charge in [0, 0.05) is 153 Å². The predicted molar refractivity (Wildman–Crippen MR) is 475 cm³/mol. The molecule has 0 aromatic carbocycles. The van der Waals surface area contributed by atoms with E-state index in [-0.39, 0.29) is 196 Å². The molecule has 47 nitrogen and oxygen atoms in total. The van der Waals surface area contributed by atoms with E-state index in [1.807, 2.05) is 55.4 Å². The van der Waals surface area contributed by atoms with E-state index in [1.54, 1.807) is 13.8 Å². The minimum atomic E-state index is -4.28. The Hall–Kier alpha value is -11.4. The molecule has 2 unspecified atom stereocenters. The fraction of sp³-hybridized carbons (Fsp3) is 0.698. The Kier molecular flexibility index (Phi) is 65.4. The number of Topliss-reactive ketones (excluding diaryl/α,β-unsaturated/α-hetero) is 12. The number of amides is 10. The summed E-state index contributed by atoms with van der Waals surface area (Å²) in [5.74, 6) is -18.6. The third-order valence-electron chi connectivity index (χ3n) is 19.9. The van der Waals surface area contributed by atoms with Crippen LogP contribution in [0.1, 0.15) is 236 Å². The van der Waals surface area contributed by atoms with Crippen molar-refractivity contribution in [2.45, 2.75) is 254 Å². The second kappa shape index (κ2) is 70.3. The summed E-state index contributed by atoms with van der Waals surface area (Å²) in [6.07, 6.45) is -5.22. The summed E-state index contributed by atoms with van der Waals surface area (Å²) < 4.78 is 21.3. The normalized spacial score (nSPS) is 11.7. The Bertz CT molecular complexity index is 3810. The largest absolute Gasteiger partial charge is 0.480 e. The number of carboxylic acid groups (broad SMARTS) is 4. The fourth-order valence-corrected chi connectivity index (χ4v) is 12.4. The number of aliphatic carboxylic acids is 4. The molecule has 0 aromatic heterocycles. The van der Waals surface area contributed by atoms with Crippen molar-refractivity contribution >= 4 is 160 Å². The molecule has 14 N–H and O–H groups in total. The van der Waals surface area contributed by atoms with E-state index in [2.05, 4.69) is 47.9 Å². The molecule has 0 bridgehead atoms. The van der Waals surface area contributed by atoms with E-state index < -0.39 is 272 Å². The van der Waals surface area contributed by atoms with Gasteiger partial charge in [-0.25, -0.2) is 4.57 Å². The van der Waals surface area contributed by atoms with Crippen molar-refractivity contribution in [3.8, 4) is 0 Å². The molecule has 0 aromatic rings. The van der Waals surface area contributed by atoms with Gasteiger partial charge in [0.05, 0.1) is 91.8 Å². The smallest absolute Gasteiger partial charge is 0.472 e. The van der Waals surface area contributed by atoms with E-state index in [1.165, 1.54) is 0 Å². The molecular weight excluding hydrogens is 1790 g/mol. The summed E-state index contributed by atoms with van der Waals surface area (Å²) in [5.41, 5.74) is -0.906. The van der Waals surface area contributed by atoms with Gasteiger partial charge in [-0.2, -0.15) is 0 Å². The van der Waals surface area contributed by atoms with Crippen LogP contribution in [-0.2, 0) is 138 Å². The average Bonchev–Trinajstić information content (AvgIpc) is 0.858. The number of hydrogen-bond donors (Lipinski definition) is 14. The number of phosphoric acid groups is 1. The zero-order valence-electron chi connectivity index (χ0n) is 78.4. The van der Waals surface area contributed by atoms with Crippen LogP contribution in [-0.4, -0.2) is 340 Å². The Balaban J connectivity index is 0. The van der Waals surface area contributed by atoms with Crippen LogP contribution in [0.15, 0.2) is 0 Å². The first-order valence-corrected chi connectivity index (χ1v) is 45.8. The highest BCUT2D eigenvalue weighted by Gasteiger charge is 2.33. The minimum absolute atomic E-state index is 0.00271. The first-order valence-electron chi connectivity index (χ1n) is 44.3. The van der Waals surface area contributed by atoms with Gasteiger partial charge in [-0.05, 0) is 30.6 Å². The lowest BCUT2D eigenvalue weighted by Gasteiger charge is -2.33. The summed E-state index contributed by atoms with van der Waals surface area (Å²) >= 11 is 0. The molecule has 756 valence electrons. The zero-order chi connectivity index (χ0) is 102. The number of carbonyl (C=O) groups excluding carboxylic acids is 22. The van der Waals surface area contributed by atoms with Gasteiger partial charge in [-0.3, -0.25) is 134 Å². The van der Waals surface area contributed by atoms with E-state index in [4.69, 9.17) is 14.2 Å². The number of ketones is 12. The highest BCUT2D eigenvalue weighted by Crippen LogP contribution is 2.43. The lowest BCUT2D eigenvalue weighted by Crippen LogP contribution is -2.40. The molecule has 2 atom stereocenters. The Morgan fingerprint density at radius 2 is 0.545 bits per heavy atom. The number of carbonyl (C=O) groups is 26. The van der Waals surface area contributed by atoms with Gasteiger partial charge in [0.2, 0.25) is 59.1 Å². The third-order valence-corrected chi connectivity index (χ3v) is 20.9. The molecule has 0 saturated carbocycles. The maximum Gasteiger partial charge on any atom is 0.472 e. The van der Waals surface area contributed by atoms with Crippen molar-refractivity contribution in [1.82, 2.24) is 67.5 Å². The van der Waals surface area contributed by atoms with Crippen molar-refractivity contribution in [2.24, 2.45) is 11.3 Å². The van der Waals surface area contributed by atoms with Crippen molar-refractivity contribution < 1.29 is 164 Å². The Labute approximate surface area is 778 Å². The van der Waals surface area contributed by atoms with Crippen molar-refractivity contribution in [3.05, 3.63) is 0 Å². The molecule has 48 heteroatoms. The van der Waals surface area contributed by atoms with E-state index >= 15 is 0 Å². The van der Waals surface area contributed by atoms with E-state index in [0.717, 1.165) is 26.0 Å². The van der Waals surface area contributed by atoms with Crippen LogP contribution in [0.3, 0.4) is 0 Å². The first kappa shape index (κ1) is 125. The molecule has 0 heterocycles. The molecule has 0 fully saturated rings. The summed E-state index contributed by atoms with van der Waals surface area (Å²) in [6, 6.07) is 0.0248. The maximum atomic E-state index is 13.3. The minimum Gasteiger partial charge on any atom is -0.480 e. The molecule has 0 radical (unpaired) electrons. The summed E-state index contributed by atoms with van der Waals surface area (Å²) in [4.78, 5) is 333.